The van der Waals surface area contributed by atoms with Crippen molar-refractivity contribution in [2.24, 2.45) is 0 Å². The van der Waals surface area contributed by atoms with Gasteiger partial charge in [0, 0.05) is 5.56 Å². The second-order valence-electron chi connectivity index (χ2n) is 4.96. The molecule has 0 saturated heterocycles. The van der Waals surface area contributed by atoms with E-state index >= 15 is 0 Å². The zero-order valence-corrected chi connectivity index (χ0v) is 11.3. The van der Waals surface area contributed by atoms with Crippen LogP contribution in [0.3, 0.4) is 0 Å². The first-order valence-electron chi connectivity index (χ1n) is 6.71. The van der Waals surface area contributed by atoms with Gasteiger partial charge in [0.1, 0.15) is 11.9 Å². The van der Waals surface area contributed by atoms with Crippen molar-refractivity contribution in [1.29, 1.82) is 0 Å². The summed E-state index contributed by atoms with van der Waals surface area (Å²) >= 11 is 0. The summed E-state index contributed by atoms with van der Waals surface area (Å²) in [6, 6.07) is 7.00. The molecule has 2 heteroatoms. The van der Waals surface area contributed by atoms with Crippen molar-refractivity contribution < 1.29 is 4.74 Å². The van der Waals surface area contributed by atoms with Crippen molar-refractivity contribution in [2.45, 2.75) is 52.2 Å². The average Bonchev–Trinajstić information content (AvgIpc) is 2.65. The molecular formula is C15H23NO. The zero-order chi connectivity index (χ0) is 12.4. The SMILES string of the molecule is CCNC1c2cc(C(C)CC)ccc2OC1C. The van der Waals surface area contributed by atoms with E-state index in [9.17, 15) is 0 Å². The molecular weight excluding hydrogens is 210 g/mol. The number of benzene rings is 1. The van der Waals surface area contributed by atoms with Crippen molar-refractivity contribution in [2.75, 3.05) is 6.54 Å². The maximum absolute atomic E-state index is 5.88. The normalized spacial score (nSPS) is 24.2. The second kappa shape index (κ2) is 5.09. The van der Waals surface area contributed by atoms with Crippen LogP contribution in [0.15, 0.2) is 18.2 Å². The predicted molar refractivity (Wildman–Crippen MR) is 71.7 cm³/mol. The number of rotatable bonds is 4. The van der Waals surface area contributed by atoms with Crippen LogP contribution in [0.4, 0.5) is 0 Å². The van der Waals surface area contributed by atoms with Gasteiger partial charge in [-0.25, -0.2) is 0 Å². The van der Waals surface area contributed by atoms with E-state index in [2.05, 4.69) is 51.2 Å². The Labute approximate surface area is 104 Å². The molecule has 0 aliphatic carbocycles. The van der Waals surface area contributed by atoms with E-state index in [0.717, 1.165) is 12.3 Å². The largest absolute Gasteiger partial charge is 0.488 e. The standard InChI is InChI=1S/C15H23NO/c1-5-10(3)12-7-8-14-13(9-12)15(16-6-2)11(4)17-14/h7-11,15-16H,5-6H2,1-4H3. The Morgan fingerprint density at radius 1 is 1.35 bits per heavy atom. The third kappa shape index (κ3) is 2.32. The highest BCUT2D eigenvalue weighted by molar-refractivity contribution is 5.44. The van der Waals surface area contributed by atoms with Crippen molar-refractivity contribution >= 4 is 0 Å². The quantitative estimate of drug-likeness (QED) is 0.857. The molecule has 1 aromatic rings. The number of hydrogen-bond acceptors (Lipinski definition) is 2. The van der Waals surface area contributed by atoms with Gasteiger partial charge in [-0.05, 0) is 37.4 Å². The van der Waals surface area contributed by atoms with Crippen LogP contribution in [0.2, 0.25) is 0 Å². The summed E-state index contributed by atoms with van der Waals surface area (Å²) in [6.45, 7) is 9.77. The first-order valence-corrected chi connectivity index (χ1v) is 6.71. The van der Waals surface area contributed by atoms with Crippen molar-refractivity contribution in [1.82, 2.24) is 5.32 Å². The first kappa shape index (κ1) is 12.4. The molecule has 1 aromatic carbocycles. The molecule has 0 aromatic heterocycles. The minimum atomic E-state index is 0.233. The average molecular weight is 233 g/mol. The fraction of sp³-hybridized carbons (Fsp3) is 0.600. The highest BCUT2D eigenvalue weighted by Crippen LogP contribution is 2.38. The van der Waals surface area contributed by atoms with Gasteiger partial charge in [0.2, 0.25) is 0 Å². The monoisotopic (exact) mass is 233 g/mol. The molecule has 2 rings (SSSR count). The van der Waals surface area contributed by atoms with E-state index in [4.69, 9.17) is 4.74 Å². The molecule has 3 unspecified atom stereocenters. The minimum absolute atomic E-state index is 0.233. The lowest BCUT2D eigenvalue weighted by atomic mass is 9.94. The Hall–Kier alpha value is -1.02. The lowest BCUT2D eigenvalue weighted by Crippen LogP contribution is -2.28. The van der Waals surface area contributed by atoms with Gasteiger partial charge >= 0.3 is 0 Å². The molecule has 0 radical (unpaired) electrons. The van der Waals surface area contributed by atoms with Gasteiger partial charge in [0.25, 0.3) is 0 Å². The molecule has 1 heterocycles. The van der Waals surface area contributed by atoms with E-state index in [1.807, 2.05) is 0 Å². The molecule has 1 N–H and O–H groups in total. The van der Waals surface area contributed by atoms with E-state index in [1.54, 1.807) is 0 Å². The summed E-state index contributed by atoms with van der Waals surface area (Å²) in [4.78, 5) is 0. The van der Waals surface area contributed by atoms with Gasteiger partial charge in [0.05, 0.1) is 6.04 Å². The summed E-state index contributed by atoms with van der Waals surface area (Å²) < 4.78 is 5.88. The molecule has 17 heavy (non-hydrogen) atoms. The molecule has 0 spiro atoms. The van der Waals surface area contributed by atoms with Crippen LogP contribution in [0.5, 0.6) is 5.75 Å². The Balaban J connectivity index is 2.31. The summed E-state index contributed by atoms with van der Waals surface area (Å²) in [5.41, 5.74) is 2.75. The topological polar surface area (TPSA) is 21.3 Å². The van der Waals surface area contributed by atoms with Crippen LogP contribution in [0.1, 0.15) is 57.2 Å². The lowest BCUT2D eigenvalue weighted by molar-refractivity contribution is 0.211. The van der Waals surface area contributed by atoms with Gasteiger partial charge in [-0.15, -0.1) is 0 Å². The Morgan fingerprint density at radius 3 is 2.76 bits per heavy atom. The number of ether oxygens (including phenoxy) is 1. The van der Waals surface area contributed by atoms with Crippen molar-refractivity contribution in [3.05, 3.63) is 29.3 Å². The molecule has 0 amide bonds. The number of nitrogens with one attached hydrogen (secondary N) is 1. The second-order valence-corrected chi connectivity index (χ2v) is 4.96. The molecule has 0 saturated carbocycles. The molecule has 1 aliphatic rings. The highest BCUT2D eigenvalue weighted by Gasteiger charge is 2.30. The molecule has 1 aliphatic heterocycles. The molecule has 94 valence electrons. The summed E-state index contributed by atoms with van der Waals surface area (Å²) in [6.07, 6.45) is 1.42. The fourth-order valence-corrected chi connectivity index (χ4v) is 2.48. The smallest absolute Gasteiger partial charge is 0.124 e. The molecule has 3 atom stereocenters. The van der Waals surface area contributed by atoms with E-state index in [-0.39, 0.29) is 6.10 Å². The van der Waals surface area contributed by atoms with E-state index in [0.29, 0.717) is 12.0 Å². The number of fused-ring (bicyclic) bond motifs is 1. The van der Waals surface area contributed by atoms with E-state index in [1.165, 1.54) is 17.5 Å². The summed E-state index contributed by atoms with van der Waals surface area (Å²) in [7, 11) is 0. The van der Waals surface area contributed by atoms with Crippen LogP contribution in [-0.2, 0) is 0 Å². The maximum Gasteiger partial charge on any atom is 0.124 e. The predicted octanol–water partition coefficient (Wildman–Crippen LogP) is 3.63. The van der Waals surface area contributed by atoms with Crippen LogP contribution < -0.4 is 10.1 Å². The molecule has 0 fully saturated rings. The van der Waals surface area contributed by atoms with Gasteiger partial charge < -0.3 is 10.1 Å². The Morgan fingerprint density at radius 2 is 2.12 bits per heavy atom. The first-order chi connectivity index (χ1) is 8.17. The molecule has 0 bridgehead atoms. The number of hydrogen-bond donors (Lipinski definition) is 1. The summed E-state index contributed by atoms with van der Waals surface area (Å²) in [5.74, 6) is 1.67. The highest BCUT2D eigenvalue weighted by atomic mass is 16.5. The summed E-state index contributed by atoms with van der Waals surface area (Å²) in [5, 5.41) is 3.51. The zero-order valence-electron chi connectivity index (χ0n) is 11.3. The fourth-order valence-electron chi connectivity index (χ4n) is 2.48. The van der Waals surface area contributed by atoms with Crippen molar-refractivity contribution in [3.63, 3.8) is 0 Å². The van der Waals surface area contributed by atoms with Gasteiger partial charge in [-0.2, -0.15) is 0 Å². The minimum Gasteiger partial charge on any atom is -0.488 e. The van der Waals surface area contributed by atoms with E-state index < -0.39 is 0 Å². The number of likely N-dealkylation sites (N-methyl/N-ethyl adjacent to an activating group) is 1. The van der Waals surface area contributed by atoms with Gasteiger partial charge in [-0.1, -0.05) is 32.9 Å². The van der Waals surface area contributed by atoms with Crippen LogP contribution in [-0.4, -0.2) is 12.6 Å². The lowest BCUT2D eigenvalue weighted by Gasteiger charge is -2.16. The molecule has 2 nitrogen and oxygen atoms in total. The Bertz CT molecular complexity index is 389. The van der Waals surface area contributed by atoms with Crippen molar-refractivity contribution in [3.8, 4) is 5.75 Å². The Kier molecular flexibility index (Phi) is 3.72. The third-order valence-electron chi connectivity index (χ3n) is 3.76. The van der Waals surface area contributed by atoms with Gasteiger partial charge in [0.15, 0.2) is 0 Å². The van der Waals surface area contributed by atoms with Gasteiger partial charge in [-0.3, -0.25) is 0 Å². The van der Waals surface area contributed by atoms with Crippen LogP contribution in [0.25, 0.3) is 0 Å². The maximum atomic E-state index is 5.88. The third-order valence-corrected chi connectivity index (χ3v) is 3.76. The van der Waals surface area contributed by atoms with Crippen LogP contribution >= 0.6 is 0 Å². The van der Waals surface area contributed by atoms with Crippen LogP contribution in [0, 0.1) is 0 Å².